The first-order chi connectivity index (χ1) is 8.34. The molecular weight excluding hydrogens is 218 g/mol. The lowest BCUT2D eigenvalue weighted by Gasteiger charge is -2.06. The second kappa shape index (κ2) is 8.73. The summed E-state index contributed by atoms with van der Waals surface area (Å²) in [4.78, 5) is 16.3. The second-order valence-electron chi connectivity index (χ2n) is 3.62. The SMILES string of the molecule is CCCCOCCNOC(=O)c1ccccc1. The number of rotatable bonds is 8. The van der Waals surface area contributed by atoms with E-state index in [9.17, 15) is 4.79 Å². The zero-order valence-corrected chi connectivity index (χ0v) is 10.1. The Kier molecular flexibility index (Phi) is 7.02. The highest BCUT2D eigenvalue weighted by molar-refractivity contribution is 5.89. The average molecular weight is 237 g/mol. The van der Waals surface area contributed by atoms with Crippen molar-refractivity contribution in [1.82, 2.24) is 5.48 Å². The summed E-state index contributed by atoms with van der Waals surface area (Å²) in [6, 6.07) is 8.87. The molecule has 4 heteroatoms. The third-order valence-corrected chi connectivity index (χ3v) is 2.17. The van der Waals surface area contributed by atoms with E-state index in [0.717, 1.165) is 19.4 Å². The highest BCUT2D eigenvalue weighted by atomic mass is 16.7. The van der Waals surface area contributed by atoms with Crippen molar-refractivity contribution in [2.75, 3.05) is 19.8 Å². The van der Waals surface area contributed by atoms with Gasteiger partial charge in [0.2, 0.25) is 0 Å². The van der Waals surface area contributed by atoms with E-state index in [1.165, 1.54) is 0 Å². The number of benzene rings is 1. The van der Waals surface area contributed by atoms with Gasteiger partial charge in [0, 0.05) is 6.61 Å². The molecule has 0 saturated carbocycles. The van der Waals surface area contributed by atoms with Crippen LogP contribution in [0.15, 0.2) is 30.3 Å². The Bertz CT molecular complexity index is 314. The molecule has 0 aliphatic heterocycles. The molecule has 0 bridgehead atoms. The minimum atomic E-state index is -0.376. The maximum absolute atomic E-state index is 11.5. The molecule has 0 aliphatic rings. The molecule has 0 spiro atoms. The van der Waals surface area contributed by atoms with Gasteiger partial charge < -0.3 is 9.57 Å². The van der Waals surface area contributed by atoms with Gasteiger partial charge >= 0.3 is 5.97 Å². The standard InChI is InChI=1S/C13H19NO3/c1-2-3-10-16-11-9-14-17-13(15)12-7-5-4-6-8-12/h4-8,14H,2-3,9-11H2,1H3. The number of carbonyl (C=O) groups is 1. The molecule has 0 aliphatic carbocycles. The summed E-state index contributed by atoms with van der Waals surface area (Å²) >= 11 is 0. The van der Waals surface area contributed by atoms with Crippen LogP contribution in [0.4, 0.5) is 0 Å². The number of nitrogens with one attached hydrogen (secondary N) is 1. The summed E-state index contributed by atoms with van der Waals surface area (Å²) in [5.41, 5.74) is 3.12. The van der Waals surface area contributed by atoms with Crippen LogP contribution in [0.5, 0.6) is 0 Å². The molecule has 0 aromatic heterocycles. The van der Waals surface area contributed by atoms with E-state index in [4.69, 9.17) is 9.57 Å². The first-order valence-electron chi connectivity index (χ1n) is 5.91. The Labute approximate surface area is 102 Å². The van der Waals surface area contributed by atoms with Gasteiger partial charge in [-0.2, -0.15) is 5.48 Å². The molecule has 0 amide bonds. The van der Waals surface area contributed by atoms with Crippen LogP contribution < -0.4 is 5.48 Å². The van der Waals surface area contributed by atoms with Gasteiger partial charge in [-0.05, 0) is 18.6 Å². The van der Waals surface area contributed by atoms with Gasteiger partial charge in [0.15, 0.2) is 0 Å². The molecular formula is C13H19NO3. The fraction of sp³-hybridized carbons (Fsp3) is 0.462. The smallest absolute Gasteiger partial charge is 0.356 e. The zero-order valence-electron chi connectivity index (χ0n) is 10.1. The van der Waals surface area contributed by atoms with Crippen molar-refractivity contribution >= 4 is 5.97 Å². The minimum absolute atomic E-state index is 0.376. The molecule has 17 heavy (non-hydrogen) atoms. The predicted octanol–water partition coefficient (Wildman–Crippen LogP) is 2.16. The maximum Gasteiger partial charge on any atom is 0.356 e. The van der Waals surface area contributed by atoms with Crippen molar-refractivity contribution in [3.8, 4) is 0 Å². The molecule has 0 radical (unpaired) electrons. The summed E-state index contributed by atoms with van der Waals surface area (Å²) in [6.07, 6.45) is 2.18. The van der Waals surface area contributed by atoms with Crippen LogP contribution in [0.25, 0.3) is 0 Å². The lowest BCUT2D eigenvalue weighted by atomic mass is 10.2. The molecule has 1 N–H and O–H groups in total. The van der Waals surface area contributed by atoms with E-state index in [1.807, 2.05) is 6.07 Å². The van der Waals surface area contributed by atoms with Crippen molar-refractivity contribution in [1.29, 1.82) is 0 Å². The van der Waals surface area contributed by atoms with Crippen LogP contribution in [0, 0.1) is 0 Å². The molecule has 0 saturated heterocycles. The normalized spacial score (nSPS) is 10.2. The van der Waals surface area contributed by atoms with Crippen LogP contribution in [-0.2, 0) is 9.57 Å². The molecule has 0 atom stereocenters. The number of hydrogen-bond acceptors (Lipinski definition) is 4. The van der Waals surface area contributed by atoms with Gasteiger partial charge in [0.05, 0.1) is 18.7 Å². The van der Waals surface area contributed by atoms with Gasteiger partial charge in [-0.3, -0.25) is 0 Å². The first kappa shape index (κ1) is 13.7. The van der Waals surface area contributed by atoms with Crippen molar-refractivity contribution in [2.24, 2.45) is 0 Å². The van der Waals surface area contributed by atoms with Gasteiger partial charge in [0.25, 0.3) is 0 Å². The molecule has 1 rings (SSSR count). The fourth-order valence-electron chi connectivity index (χ4n) is 1.21. The second-order valence-corrected chi connectivity index (χ2v) is 3.62. The van der Waals surface area contributed by atoms with E-state index < -0.39 is 0 Å². The molecule has 0 heterocycles. The largest absolute Gasteiger partial charge is 0.380 e. The fourth-order valence-corrected chi connectivity index (χ4v) is 1.21. The molecule has 4 nitrogen and oxygen atoms in total. The number of ether oxygens (including phenoxy) is 1. The van der Waals surface area contributed by atoms with Gasteiger partial charge in [-0.1, -0.05) is 31.5 Å². The molecule has 94 valence electrons. The zero-order chi connectivity index (χ0) is 12.3. The quantitative estimate of drug-likeness (QED) is 0.556. The van der Waals surface area contributed by atoms with Gasteiger partial charge in [0.1, 0.15) is 0 Å². The van der Waals surface area contributed by atoms with E-state index in [-0.39, 0.29) is 5.97 Å². The lowest BCUT2D eigenvalue weighted by molar-refractivity contribution is 0.0175. The lowest BCUT2D eigenvalue weighted by Crippen LogP contribution is -2.24. The topological polar surface area (TPSA) is 47.6 Å². The number of carbonyl (C=O) groups excluding carboxylic acids is 1. The van der Waals surface area contributed by atoms with Crippen molar-refractivity contribution in [3.63, 3.8) is 0 Å². The van der Waals surface area contributed by atoms with Crippen LogP contribution in [0.3, 0.4) is 0 Å². The molecule has 1 aromatic rings. The van der Waals surface area contributed by atoms with E-state index >= 15 is 0 Å². The Morgan fingerprint density at radius 1 is 1.24 bits per heavy atom. The summed E-state index contributed by atoms with van der Waals surface area (Å²) < 4.78 is 5.31. The Morgan fingerprint density at radius 2 is 2.00 bits per heavy atom. The molecule has 1 aromatic carbocycles. The third kappa shape index (κ3) is 6.04. The minimum Gasteiger partial charge on any atom is -0.380 e. The van der Waals surface area contributed by atoms with Crippen molar-refractivity contribution in [3.05, 3.63) is 35.9 Å². The summed E-state index contributed by atoms with van der Waals surface area (Å²) in [5.74, 6) is -0.376. The van der Waals surface area contributed by atoms with Crippen LogP contribution in [0.2, 0.25) is 0 Å². The summed E-state index contributed by atoms with van der Waals surface area (Å²) in [5, 5.41) is 0. The van der Waals surface area contributed by atoms with Crippen LogP contribution in [-0.4, -0.2) is 25.7 Å². The highest BCUT2D eigenvalue weighted by Crippen LogP contribution is 1.99. The van der Waals surface area contributed by atoms with Crippen LogP contribution >= 0.6 is 0 Å². The molecule has 0 unspecified atom stereocenters. The Hall–Kier alpha value is -1.39. The van der Waals surface area contributed by atoms with E-state index in [0.29, 0.717) is 18.7 Å². The number of hydrogen-bond donors (Lipinski definition) is 1. The summed E-state index contributed by atoms with van der Waals surface area (Å²) in [6.45, 7) is 3.92. The Morgan fingerprint density at radius 3 is 2.71 bits per heavy atom. The van der Waals surface area contributed by atoms with E-state index in [2.05, 4.69) is 12.4 Å². The number of hydroxylamine groups is 1. The summed E-state index contributed by atoms with van der Waals surface area (Å²) in [7, 11) is 0. The monoisotopic (exact) mass is 237 g/mol. The van der Waals surface area contributed by atoms with Crippen molar-refractivity contribution in [2.45, 2.75) is 19.8 Å². The predicted molar refractivity (Wildman–Crippen MR) is 65.6 cm³/mol. The van der Waals surface area contributed by atoms with Crippen LogP contribution in [0.1, 0.15) is 30.1 Å². The molecule has 0 fully saturated rings. The third-order valence-electron chi connectivity index (χ3n) is 2.17. The average Bonchev–Trinajstić information content (AvgIpc) is 2.38. The van der Waals surface area contributed by atoms with Crippen molar-refractivity contribution < 1.29 is 14.4 Å². The van der Waals surface area contributed by atoms with Gasteiger partial charge in [-0.25, -0.2) is 4.79 Å². The Balaban J connectivity index is 2.05. The maximum atomic E-state index is 11.5. The highest BCUT2D eigenvalue weighted by Gasteiger charge is 2.04. The van der Waals surface area contributed by atoms with E-state index in [1.54, 1.807) is 24.3 Å². The first-order valence-corrected chi connectivity index (χ1v) is 5.91. The number of unbranched alkanes of at least 4 members (excludes halogenated alkanes) is 1. The van der Waals surface area contributed by atoms with Gasteiger partial charge in [-0.15, -0.1) is 0 Å².